The Bertz CT molecular complexity index is 242. The lowest BCUT2D eigenvalue weighted by Gasteiger charge is -2.09. The molecule has 0 spiro atoms. The normalized spacial score (nSPS) is 27.0. The van der Waals surface area contributed by atoms with Crippen LogP contribution >= 0.6 is 23.2 Å². The van der Waals surface area contributed by atoms with Crippen LogP contribution in [0.15, 0.2) is 4.99 Å². The van der Waals surface area contributed by atoms with Crippen LogP contribution in [0.25, 0.3) is 0 Å². The topological polar surface area (TPSA) is 47.9 Å². The predicted octanol–water partition coefficient (Wildman–Crippen LogP) is 1.15. The highest BCUT2D eigenvalue weighted by molar-refractivity contribution is 6.53. The standard InChI is InChI=1S/C7H9Cl2NO3/c1-3-4(7(11)12-2)10-6(13-3)5(8)9/h3-5H,1-2H3/t3-,4+/m1/s1. The molecule has 0 saturated carbocycles. The van der Waals surface area contributed by atoms with E-state index in [4.69, 9.17) is 27.9 Å². The van der Waals surface area contributed by atoms with Gasteiger partial charge in [-0.25, -0.2) is 9.79 Å². The summed E-state index contributed by atoms with van der Waals surface area (Å²) < 4.78 is 9.66. The minimum atomic E-state index is -0.836. The molecule has 1 heterocycles. The molecule has 0 saturated heterocycles. The summed E-state index contributed by atoms with van der Waals surface area (Å²) in [6, 6.07) is -0.653. The first-order valence-corrected chi connectivity index (χ1v) is 4.54. The Hall–Kier alpha value is -0.480. The maximum Gasteiger partial charge on any atom is 0.334 e. The zero-order valence-corrected chi connectivity index (χ0v) is 8.67. The Morgan fingerprint density at radius 3 is 2.69 bits per heavy atom. The van der Waals surface area contributed by atoms with Crippen molar-refractivity contribution in [1.82, 2.24) is 0 Å². The molecule has 0 unspecified atom stereocenters. The van der Waals surface area contributed by atoms with Crippen molar-refractivity contribution in [2.24, 2.45) is 4.99 Å². The highest BCUT2D eigenvalue weighted by Gasteiger charge is 2.35. The molecule has 4 nitrogen and oxygen atoms in total. The number of halogens is 2. The van der Waals surface area contributed by atoms with E-state index in [0.29, 0.717) is 0 Å². The van der Waals surface area contributed by atoms with Crippen LogP contribution in [0, 0.1) is 0 Å². The number of rotatable bonds is 2. The van der Waals surface area contributed by atoms with Gasteiger partial charge in [0.1, 0.15) is 6.10 Å². The van der Waals surface area contributed by atoms with Crippen molar-refractivity contribution in [1.29, 1.82) is 0 Å². The molecule has 6 heteroatoms. The molecule has 0 amide bonds. The summed E-state index contributed by atoms with van der Waals surface area (Å²) in [6.07, 6.45) is -0.373. The van der Waals surface area contributed by atoms with Crippen molar-refractivity contribution < 1.29 is 14.3 Å². The largest absolute Gasteiger partial charge is 0.473 e. The van der Waals surface area contributed by atoms with Gasteiger partial charge in [-0.05, 0) is 6.92 Å². The Morgan fingerprint density at radius 2 is 2.31 bits per heavy atom. The summed E-state index contributed by atoms with van der Waals surface area (Å²) in [5, 5.41) is 0. The molecule has 1 aliphatic rings. The van der Waals surface area contributed by atoms with Crippen LogP contribution in [0.1, 0.15) is 6.92 Å². The zero-order valence-electron chi connectivity index (χ0n) is 7.16. The molecular formula is C7H9Cl2NO3. The van der Waals surface area contributed by atoms with Crippen molar-refractivity contribution in [2.45, 2.75) is 23.9 Å². The maximum atomic E-state index is 11.1. The molecule has 0 radical (unpaired) electrons. The van der Waals surface area contributed by atoms with Gasteiger partial charge in [0.25, 0.3) is 0 Å². The van der Waals surface area contributed by atoms with Crippen molar-refractivity contribution in [3.05, 3.63) is 0 Å². The van der Waals surface area contributed by atoms with E-state index < -0.39 is 16.8 Å². The molecule has 1 rings (SSSR count). The SMILES string of the molecule is COC(=O)[C@H]1N=C(C(Cl)Cl)O[C@@H]1C. The third-order valence-electron chi connectivity index (χ3n) is 1.65. The molecule has 0 fully saturated rings. The van der Waals surface area contributed by atoms with Gasteiger partial charge in [-0.2, -0.15) is 0 Å². The molecule has 74 valence electrons. The molecule has 0 aromatic carbocycles. The number of ether oxygens (including phenoxy) is 2. The molecule has 13 heavy (non-hydrogen) atoms. The smallest absolute Gasteiger partial charge is 0.334 e. The summed E-state index contributed by atoms with van der Waals surface area (Å²) in [6.45, 7) is 1.70. The maximum absolute atomic E-state index is 11.1. The number of nitrogens with zero attached hydrogens (tertiary/aromatic N) is 1. The lowest BCUT2D eigenvalue weighted by atomic mass is 10.2. The average Bonchev–Trinajstić information content (AvgIpc) is 2.46. The summed E-state index contributed by atoms with van der Waals surface area (Å²) in [7, 11) is 1.29. The summed E-state index contributed by atoms with van der Waals surface area (Å²) in [5.41, 5.74) is 0. The van der Waals surface area contributed by atoms with E-state index in [1.807, 2.05) is 0 Å². The van der Waals surface area contributed by atoms with E-state index in [0.717, 1.165) is 0 Å². The van der Waals surface area contributed by atoms with E-state index >= 15 is 0 Å². The van der Waals surface area contributed by atoms with Crippen LogP contribution in [0.3, 0.4) is 0 Å². The highest BCUT2D eigenvalue weighted by Crippen LogP contribution is 2.19. The first-order chi connectivity index (χ1) is 6.06. The molecular weight excluding hydrogens is 217 g/mol. The predicted molar refractivity (Wildman–Crippen MR) is 49.3 cm³/mol. The summed E-state index contributed by atoms with van der Waals surface area (Å²) >= 11 is 11.0. The third-order valence-corrected chi connectivity index (χ3v) is 2.02. The fourth-order valence-electron chi connectivity index (χ4n) is 1.00. The van der Waals surface area contributed by atoms with Gasteiger partial charge in [0.2, 0.25) is 5.90 Å². The molecule has 0 bridgehead atoms. The van der Waals surface area contributed by atoms with Crippen molar-refractivity contribution >= 4 is 35.1 Å². The van der Waals surface area contributed by atoms with Crippen LogP contribution in [-0.4, -0.2) is 36.0 Å². The van der Waals surface area contributed by atoms with Crippen LogP contribution in [0.2, 0.25) is 0 Å². The van der Waals surface area contributed by atoms with Crippen LogP contribution in [0.5, 0.6) is 0 Å². The molecule has 0 aromatic rings. The van der Waals surface area contributed by atoms with Gasteiger partial charge in [-0.15, -0.1) is 0 Å². The van der Waals surface area contributed by atoms with Crippen LogP contribution < -0.4 is 0 Å². The number of carbonyl (C=O) groups is 1. The Labute approximate surface area is 85.8 Å². The fraction of sp³-hybridized carbons (Fsp3) is 0.714. The number of alkyl halides is 2. The fourth-order valence-corrected chi connectivity index (χ4v) is 1.22. The number of carbonyl (C=O) groups excluding carboxylic acids is 1. The van der Waals surface area contributed by atoms with Gasteiger partial charge in [0.05, 0.1) is 7.11 Å². The van der Waals surface area contributed by atoms with Gasteiger partial charge in [-0.1, -0.05) is 23.2 Å². The average molecular weight is 226 g/mol. The van der Waals surface area contributed by atoms with E-state index in [1.54, 1.807) is 6.92 Å². The number of hydrogen-bond acceptors (Lipinski definition) is 4. The molecule has 0 aromatic heterocycles. The number of methoxy groups -OCH3 is 1. The van der Waals surface area contributed by atoms with Crippen molar-refractivity contribution in [2.75, 3.05) is 7.11 Å². The monoisotopic (exact) mass is 225 g/mol. The molecule has 1 aliphatic heterocycles. The minimum Gasteiger partial charge on any atom is -0.473 e. The second-order valence-corrected chi connectivity index (χ2v) is 3.66. The molecule has 0 N–H and O–H groups in total. The van der Waals surface area contributed by atoms with E-state index in [9.17, 15) is 4.79 Å². The lowest BCUT2D eigenvalue weighted by Crippen LogP contribution is -2.28. The number of hydrogen-bond donors (Lipinski definition) is 0. The minimum absolute atomic E-state index is 0.172. The van der Waals surface area contributed by atoms with Crippen molar-refractivity contribution in [3.8, 4) is 0 Å². The van der Waals surface area contributed by atoms with Gasteiger partial charge in [0, 0.05) is 0 Å². The number of aliphatic imine (C=N–C) groups is 1. The summed E-state index contributed by atoms with van der Waals surface area (Å²) in [5.74, 6) is -0.275. The third kappa shape index (κ3) is 2.25. The first-order valence-electron chi connectivity index (χ1n) is 3.66. The summed E-state index contributed by atoms with van der Waals surface area (Å²) in [4.78, 5) is 14.2. The van der Waals surface area contributed by atoms with E-state index in [1.165, 1.54) is 7.11 Å². The molecule has 2 atom stereocenters. The van der Waals surface area contributed by atoms with E-state index in [2.05, 4.69) is 9.73 Å². The molecule has 0 aliphatic carbocycles. The van der Waals surface area contributed by atoms with Gasteiger partial charge in [-0.3, -0.25) is 0 Å². The highest BCUT2D eigenvalue weighted by atomic mass is 35.5. The van der Waals surface area contributed by atoms with Gasteiger partial charge >= 0.3 is 5.97 Å². The van der Waals surface area contributed by atoms with Gasteiger partial charge in [0.15, 0.2) is 10.9 Å². The van der Waals surface area contributed by atoms with Gasteiger partial charge < -0.3 is 9.47 Å². The number of esters is 1. The Morgan fingerprint density at radius 1 is 1.69 bits per heavy atom. The second-order valence-electron chi connectivity index (χ2n) is 2.56. The first kappa shape index (κ1) is 10.6. The Kier molecular flexibility index (Phi) is 3.39. The van der Waals surface area contributed by atoms with Crippen LogP contribution in [-0.2, 0) is 14.3 Å². The Balaban J connectivity index is 2.72. The zero-order chi connectivity index (χ0) is 10.0. The second kappa shape index (κ2) is 4.15. The van der Waals surface area contributed by atoms with Crippen molar-refractivity contribution in [3.63, 3.8) is 0 Å². The quantitative estimate of drug-likeness (QED) is 0.524. The van der Waals surface area contributed by atoms with Crippen LogP contribution in [0.4, 0.5) is 0 Å². The lowest BCUT2D eigenvalue weighted by molar-refractivity contribution is -0.143. The van der Waals surface area contributed by atoms with E-state index in [-0.39, 0.29) is 12.0 Å².